The van der Waals surface area contributed by atoms with E-state index in [0.29, 0.717) is 18.2 Å². The van der Waals surface area contributed by atoms with E-state index in [9.17, 15) is 27.6 Å². The van der Waals surface area contributed by atoms with Gasteiger partial charge in [0.15, 0.2) is 0 Å². The first-order chi connectivity index (χ1) is 16.2. The molecule has 0 atom stereocenters. The number of hydrogen-bond acceptors (Lipinski definition) is 5. The molecule has 9 nitrogen and oxygen atoms in total. The maximum atomic E-state index is 12.9. The SMILES string of the molecule is Cn1cc(C#CC(=O)Nc2cc(-c3ncc(C(F)(F)F)[nH]3)ccc2OCCNC=O)ccc1=O. The van der Waals surface area contributed by atoms with Crippen LogP contribution in [0.1, 0.15) is 11.3 Å². The first-order valence-electron chi connectivity index (χ1n) is 9.73. The minimum atomic E-state index is -4.59. The summed E-state index contributed by atoms with van der Waals surface area (Å²) in [5.74, 6) is 4.42. The molecule has 0 saturated carbocycles. The number of anilines is 1. The van der Waals surface area contributed by atoms with Gasteiger partial charge in [0.2, 0.25) is 12.0 Å². The standard InChI is InChI=1S/C22H18F3N5O4/c1-30-12-14(3-7-20(30)33)2-6-19(32)28-16-10-15(4-5-17(16)34-9-8-26-13-31)21-27-11-18(29-21)22(23,24)25/h3-5,7,10-13H,8-9H2,1H3,(H,26,31)(H,27,29)(H,28,32). The van der Waals surface area contributed by atoms with Crippen LogP contribution in [0.4, 0.5) is 18.9 Å². The Morgan fingerprint density at radius 1 is 1.29 bits per heavy atom. The number of aromatic amines is 1. The summed E-state index contributed by atoms with van der Waals surface area (Å²) in [5, 5.41) is 4.95. The Morgan fingerprint density at radius 3 is 2.76 bits per heavy atom. The summed E-state index contributed by atoms with van der Waals surface area (Å²) in [7, 11) is 1.54. The number of carbonyl (C=O) groups excluding carboxylic acids is 2. The molecule has 2 aromatic heterocycles. The largest absolute Gasteiger partial charge is 0.490 e. The number of carbonyl (C=O) groups is 2. The molecule has 0 aliphatic rings. The first-order valence-corrected chi connectivity index (χ1v) is 9.73. The van der Waals surface area contributed by atoms with Crippen LogP contribution in [-0.2, 0) is 22.8 Å². The lowest BCUT2D eigenvalue weighted by molar-refractivity contribution is -0.140. The van der Waals surface area contributed by atoms with Gasteiger partial charge in [0.05, 0.1) is 18.4 Å². The molecule has 3 aromatic rings. The quantitative estimate of drug-likeness (QED) is 0.275. The van der Waals surface area contributed by atoms with Crippen molar-refractivity contribution in [2.75, 3.05) is 18.5 Å². The number of nitrogens with one attached hydrogen (secondary N) is 3. The number of imidazole rings is 1. The highest BCUT2D eigenvalue weighted by atomic mass is 19.4. The number of alkyl halides is 3. The molecule has 1 aromatic carbocycles. The second kappa shape index (κ2) is 10.4. The number of hydrogen-bond donors (Lipinski definition) is 3. The third-order valence-electron chi connectivity index (χ3n) is 4.38. The van der Waals surface area contributed by atoms with E-state index in [1.54, 1.807) is 7.05 Å². The molecule has 0 spiro atoms. The van der Waals surface area contributed by atoms with Crippen molar-refractivity contribution in [2.24, 2.45) is 7.05 Å². The molecule has 3 N–H and O–H groups in total. The first kappa shape index (κ1) is 24.1. The Morgan fingerprint density at radius 2 is 2.09 bits per heavy atom. The molecular formula is C22H18F3N5O4. The predicted octanol–water partition coefficient (Wildman–Crippen LogP) is 1.91. The summed E-state index contributed by atoms with van der Waals surface area (Å²) in [4.78, 5) is 40.2. The van der Waals surface area contributed by atoms with Gasteiger partial charge in [-0.1, -0.05) is 5.92 Å². The second-order valence-corrected chi connectivity index (χ2v) is 6.85. The van der Waals surface area contributed by atoms with Crippen molar-refractivity contribution in [1.29, 1.82) is 0 Å². The second-order valence-electron chi connectivity index (χ2n) is 6.85. The van der Waals surface area contributed by atoms with Crippen LogP contribution in [-0.4, -0.2) is 40.0 Å². The number of amides is 2. The number of nitrogens with zero attached hydrogens (tertiary/aromatic N) is 2. The van der Waals surface area contributed by atoms with E-state index in [2.05, 4.69) is 32.4 Å². The molecule has 0 fully saturated rings. The van der Waals surface area contributed by atoms with Crippen LogP contribution in [0.2, 0.25) is 0 Å². The zero-order chi connectivity index (χ0) is 24.7. The van der Waals surface area contributed by atoms with E-state index in [4.69, 9.17) is 4.74 Å². The molecule has 0 aliphatic carbocycles. The van der Waals surface area contributed by atoms with Crippen molar-refractivity contribution in [3.8, 4) is 29.0 Å². The Labute approximate surface area is 191 Å². The van der Waals surface area contributed by atoms with E-state index >= 15 is 0 Å². The fraction of sp³-hybridized carbons (Fsp3) is 0.182. The molecule has 0 aliphatic heterocycles. The topological polar surface area (TPSA) is 118 Å². The number of halogens is 3. The molecule has 2 amide bonds. The molecule has 0 bridgehead atoms. The van der Waals surface area contributed by atoms with Gasteiger partial charge in [0.1, 0.15) is 23.9 Å². The molecule has 34 heavy (non-hydrogen) atoms. The van der Waals surface area contributed by atoms with Crippen molar-refractivity contribution < 1.29 is 27.5 Å². The molecular weight excluding hydrogens is 455 g/mol. The van der Waals surface area contributed by atoms with Gasteiger partial charge >= 0.3 is 12.1 Å². The van der Waals surface area contributed by atoms with Crippen LogP contribution in [0.25, 0.3) is 11.4 Å². The number of pyridine rings is 1. The molecule has 0 radical (unpaired) electrons. The smallest absolute Gasteiger partial charge is 0.432 e. The van der Waals surface area contributed by atoms with Gasteiger partial charge < -0.3 is 24.9 Å². The lowest BCUT2D eigenvalue weighted by Crippen LogP contribution is -2.19. The van der Waals surface area contributed by atoms with E-state index in [-0.39, 0.29) is 41.5 Å². The zero-order valence-corrected chi connectivity index (χ0v) is 17.7. The minimum Gasteiger partial charge on any atom is -0.490 e. The summed E-state index contributed by atoms with van der Waals surface area (Å²) in [6.07, 6.45) is -1.96. The van der Waals surface area contributed by atoms with E-state index in [1.165, 1.54) is 41.1 Å². The maximum absolute atomic E-state index is 12.9. The van der Waals surface area contributed by atoms with Crippen molar-refractivity contribution in [3.63, 3.8) is 0 Å². The molecule has 0 saturated heterocycles. The highest BCUT2D eigenvalue weighted by Crippen LogP contribution is 2.32. The van der Waals surface area contributed by atoms with Crippen molar-refractivity contribution in [1.82, 2.24) is 19.9 Å². The van der Waals surface area contributed by atoms with Crippen molar-refractivity contribution in [3.05, 3.63) is 64.3 Å². The highest BCUT2D eigenvalue weighted by Gasteiger charge is 2.33. The third kappa shape index (κ3) is 6.26. The predicted molar refractivity (Wildman–Crippen MR) is 116 cm³/mol. The molecule has 12 heteroatoms. The van der Waals surface area contributed by atoms with Gasteiger partial charge in [0.25, 0.3) is 0 Å². The number of benzene rings is 1. The van der Waals surface area contributed by atoms with Crippen LogP contribution in [0.3, 0.4) is 0 Å². The monoisotopic (exact) mass is 473 g/mol. The molecule has 0 unspecified atom stereocenters. The maximum Gasteiger partial charge on any atom is 0.432 e. The zero-order valence-electron chi connectivity index (χ0n) is 17.7. The van der Waals surface area contributed by atoms with Gasteiger partial charge in [-0.25, -0.2) is 4.98 Å². The molecule has 176 valence electrons. The van der Waals surface area contributed by atoms with Crippen molar-refractivity contribution in [2.45, 2.75) is 6.18 Å². The van der Waals surface area contributed by atoms with Crippen LogP contribution < -0.4 is 20.9 Å². The van der Waals surface area contributed by atoms with Gasteiger partial charge in [-0.05, 0) is 24.3 Å². The highest BCUT2D eigenvalue weighted by molar-refractivity contribution is 6.05. The number of ether oxygens (including phenoxy) is 1. The van der Waals surface area contributed by atoms with Crippen molar-refractivity contribution >= 4 is 18.0 Å². The number of aromatic nitrogens is 3. The van der Waals surface area contributed by atoms with Crippen LogP contribution in [0, 0.1) is 11.8 Å². The summed E-state index contributed by atoms with van der Waals surface area (Å²) >= 11 is 0. The number of H-pyrrole nitrogens is 1. The van der Waals surface area contributed by atoms with Gasteiger partial charge in [-0.2, -0.15) is 13.2 Å². The Bertz CT molecular complexity index is 1320. The Kier molecular flexibility index (Phi) is 7.37. The summed E-state index contributed by atoms with van der Waals surface area (Å²) in [6.45, 7) is 0.266. The molecule has 3 rings (SSSR count). The van der Waals surface area contributed by atoms with Gasteiger partial charge in [-0.3, -0.25) is 14.4 Å². The Hall–Kier alpha value is -4.53. The summed E-state index contributed by atoms with van der Waals surface area (Å²) in [6, 6.07) is 7.07. The fourth-order valence-electron chi connectivity index (χ4n) is 2.74. The Balaban J connectivity index is 1.86. The van der Waals surface area contributed by atoms with Crippen LogP contribution in [0.5, 0.6) is 5.75 Å². The number of aryl methyl sites for hydroxylation is 1. The van der Waals surface area contributed by atoms with E-state index < -0.39 is 17.8 Å². The third-order valence-corrected chi connectivity index (χ3v) is 4.38. The van der Waals surface area contributed by atoms with E-state index in [0.717, 1.165) is 0 Å². The van der Waals surface area contributed by atoms with Gasteiger partial charge in [-0.15, -0.1) is 0 Å². The summed E-state index contributed by atoms with van der Waals surface area (Å²) in [5.41, 5.74) is -0.429. The average Bonchev–Trinajstić information content (AvgIpc) is 3.29. The average molecular weight is 473 g/mol. The van der Waals surface area contributed by atoms with Crippen LogP contribution in [0.15, 0.2) is 47.5 Å². The lowest BCUT2D eigenvalue weighted by Gasteiger charge is -2.12. The normalized spacial score (nSPS) is 10.7. The van der Waals surface area contributed by atoms with Gasteiger partial charge in [0, 0.05) is 36.4 Å². The fourth-order valence-corrected chi connectivity index (χ4v) is 2.74. The molecule has 2 heterocycles. The number of rotatable bonds is 7. The lowest BCUT2D eigenvalue weighted by atomic mass is 10.1. The van der Waals surface area contributed by atoms with Crippen LogP contribution >= 0.6 is 0 Å². The summed E-state index contributed by atoms with van der Waals surface area (Å²) < 4.78 is 45.5. The van der Waals surface area contributed by atoms with E-state index in [1.807, 2.05) is 0 Å². The minimum absolute atomic E-state index is 0.0618.